The standard InChI is InChI=1S/C14H12BrIN4/c1-20(2)12-6-5-11-14(18-12)19-13(17-11)9-7-8(16)3-4-10(9)15/h3-7H,1-2H3,(H,17,18,19). The maximum atomic E-state index is 4.60. The van der Waals surface area contributed by atoms with E-state index in [1.807, 2.05) is 37.2 Å². The van der Waals surface area contributed by atoms with Crippen LogP contribution in [0.1, 0.15) is 0 Å². The average Bonchev–Trinajstić information content (AvgIpc) is 2.83. The SMILES string of the molecule is CN(C)c1ccc2[nH]c(-c3cc(I)ccc3Br)nc2n1. The van der Waals surface area contributed by atoms with Gasteiger partial charge in [0.05, 0.1) is 5.52 Å². The number of anilines is 1. The second-order valence-corrected chi connectivity index (χ2v) is 6.74. The van der Waals surface area contributed by atoms with Gasteiger partial charge >= 0.3 is 0 Å². The molecule has 0 amide bonds. The Morgan fingerprint density at radius 1 is 1.15 bits per heavy atom. The summed E-state index contributed by atoms with van der Waals surface area (Å²) >= 11 is 5.87. The molecule has 0 aliphatic heterocycles. The molecule has 0 aliphatic carbocycles. The van der Waals surface area contributed by atoms with E-state index >= 15 is 0 Å². The van der Waals surface area contributed by atoms with E-state index in [1.165, 1.54) is 3.57 Å². The molecule has 4 nitrogen and oxygen atoms in total. The van der Waals surface area contributed by atoms with Crippen molar-refractivity contribution in [2.75, 3.05) is 19.0 Å². The van der Waals surface area contributed by atoms with Crippen LogP contribution < -0.4 is 4.90 Å². The molecule has 0 saturated heterocycles. The Morgan fingerprint density at radius 3 is 2.70 bits per heavy atom. The predicted octanol–water partition coefficient (Wildman–Crippen LogP) is 4.06. The van der Waals surface area contributed by atoms with Crippen LogP contribution in [0.15, 0.2) is 34.8 Å². The van der Waals surface area contributed by atoms with Crippen LogP contribution in [0.3, 0.4) is 0 Å². The Labute approximate surface area is 138 Å². The number of nitrogens with zero attached hydrogens (tertiary/aromatic N) is 3. The van der Waals surface area contributed by atoms with Crippen molar-refractivity contribution < 1.29 is 0 Å². The van der Waals surface area contributed by atoms with E-state index in [-0.39, 0.29) is 0 Å². The molecule has 2 heterocycles. The lowest BCUT2D eigenvalue weighted by atomic mass is 10.2. The third-order valence-electron chi connectivity index (χ3n) is 2.97. The highest BCUT2D eigenvalue weighted by Crippen LogP contribution is 2.29. The van der Waals surface area contributed by atoms with Gasteiger partial charge in [-0.25, -0.2) is 9.97 Å². The highest BCUT2D eigenvalue weighted by atomic mass is 127. The summed E-state index contributed by atoms with van der Waals surface area (Å²) in [6, 6.07) is 10.2. The van der Waals surface area contributed by atoms with Gasteiger partial charge in [-0.15, -0.1) is 0 Å². The molecule has 6 heteroatoms. The van der Waals surface area contributed by atoms with Crippen LogP contribution in [-0.4, -0.2) is 29.0 Å². The number of pyridine rings is 1. The highest BCUT2D eigenvalue weighted by Gasteiger charge is 2.11. The number of hydrogen-bond donors (Lipinski definition) is 1. The van der Waals surface area contributed by atoms with Crippen LogP contribution in [0.5, 0.6) is 0 Å². The molecule has 0 unspecified atom stereocenters. The van der Waals surface area contributed by atoms with Gasteiger partial charge < -0.3 is 9.88 Å². The Morgan fingerprint density at radius 2 is 1.95 bits per heavy atom. The predicted molar refractivity (Wildman–Crippen MR) is 94.1 cm³/mol. The lowest BCUT2D eigenvalue weighted by Crippen LogP contribution is -2.10. The van der Waals surface area contributed by atoms with Gasteiger partial charge in [-0.3, -0.25) is 0 Å². The minimum Gasteiger partial charge on any atom is -0.363 e. The smallest absolute Gasteiger partial charge is 0.180 e. The average molecular weight is 443 g/mol. The molecule has 0 aliphatic rings. The first-order chi connectivity index (χ1) is 9.54. The quantitative estimate of drug-likeness (QED) is 0.608. The lowest BCUT2D eigenvalue weighted by Gasteiger charge is -2.09. The molecule has 102 valence electrons. The summed E-state index contributed by atoms with van der Waals surface area (Å²) in [6.45, 7) is 0. The number of nitrogens with one attached hydrogen (secondary N) is 1. The van der Waals surface area contributed by atoms with Crippen molar-refractivity contribution >= 4 is 55.5 Å². The number of halogens is 2. The summed E-state index contributed by atoms with van der Waals surface area (Å²) in [7, 11) is 3.94. The molecule has 1 aromatic carbocycles. The van der Waals surface area contributed by atoms with Crippen LogP contribution in [0.2, 0.25) is 0 Å². The molecule has 1 N–H and O–H groups in total. The lowest BCUT2D eigenvalue weighted by molar-refractivity contribution is 1.08. The Hall–Kier alpha value is -1.15. The number of aromatic amines is 1. The molecule has 3 rings (SSSR count). The fraction of sp³-hybridized carbons (Fsp3) is 0.143. The summed E-state index contributed by atoms with van der Waals surface area (Å²) in [5.74, 6) is 1.73. The number of rotatable bonds is 2. The Balaban J connectivity index is 2.15. The number of fused-ring (bicyclic) bond motifs is 1. The van der Waals surface area contributed by atoms with Crippen molar-refractivity contribution in [3.63, 3.8) is 0 Å². The molecule has 0 bridgehead atoms. The van der Waals surface area contributed by atoms with E-state index in [9.17, 15) is 0 Å². The number of hydrogen-bond acceptors (Lipinski definition) is 3. The van der Waals surface area contributed by atoms with Crippen molar-refractivity contribution in [1.82, 2.24) is 15.0 Å². The topological polar surface area (TPSA) is 44.8 Å². The fourth-order valence-electron chi connectivity index (χ4n) is 1.94. The summed E-state index contributed by atoms with van der Waals surface area (Å²) in [4.78, 5) is 14.4. The van der Waals surface area contributed by atoms with E-state index in [0.717, 1.165) is 32.8 Å². The molecule has 2 aromatic heterocycles. The molecular formula is C14H12BrIN4. The number of H-pyrrole nitrogens is 1. The van der Waals surface area contributed by atoms with Crippen molar-refractivity contribution in [3.8, 4) is 11.4 Å². The second-order valence-electron chi connectivity index (χ2n) is 4.64. The molecule has 0 fully saturated rings. The second kappa shape index (κ2) is 5.33. The Kier molecular flexibility index (Phi) is 3.68. The number of aromatic nitrogens is 3. The van der Waals surface area contributed by atoms with E-state index in [0.29, 0.717) is 0 Å². The minimum atomic E-state index is 0.733. The van der Waals surface area contributed by atoms with Crippen LogP contribution in [-0.2, 0) is 0 Å². The summed E-state index contributed by atoms with van der Waals surface area (Å²) in [5.41, 5.74) is 2.72. The number of imidazole rings is 1. The van der Waals surface area contributed by atoms with E-state index in [2.05, 4.69) is 65.6 Å². The Bertz CT molecular complexity index is 782. The molecule has 0 radical (unpaired) electrons. The summed E-state index contributed by atoms with van der Waals surface area (Å²) in [5, 5.41) is 0. The maximum Gasteiger partial charge on any atom is 0.180 e. The maximum absolute atomic E-state index is 4.60. The third-order valence-corrected chi connectivity index (χ3v) is 4.34. The van der Waals surface area contributed by atoms with Crippen molar-refractivity contribution in [2.45, 2.75) is 0 Å². The number of benzene rings is 1. The first-order valence-corrected chi connectivity index (χ1v) is 7.91. The van der Waals surface area contributed by atoms with Gasteiger partial charge in [-0.05, 0) is 52.9 Å². The third kappa shape index (κ3) is 2.54. The first-order valence-electron chi connectivity index (χ1n) is 6.04. The first kappa shape index (κ1) is 13.8. The van der Waals surface area contributed by atoms with E-state index < -0.39 is 0 Å². The monoisotopic (exact) mass is 442 g/mol. The molecular weight excluding hydrogens is 431 g/mol. The summed E-state index contributed by atoms with van der Waals surface area (Å²) in [6.07, 6.45) is 0. The molecule has 3 aromatic rings. The van der Waals surface area contributed by atoms with Crippen molar-refractivity contribution in [3.05, 3.63) is 38.4 Å². The highest BCUT2D eigenvalue weighted by molar-refractivity contribution is 14.1. The van der Waals surface area contributed by atoms with Gasteiger partial charge in [-0.2, -0.15) is 0 Å². The minimum absolute atomic E-state index is 0.733. The van der Waals surface area contributed by atoms with Crippen molar-refractivity contribution in [1.29, 1.82) is 0 Å². The fourth-order valence-corrected chi connectivity index (χ4v) is 2.86. The van der Waals surface area contributed by atoms with Gasteiger partial charge in [0, 0.05) is 27.7 Å². The zero-order chi connectivity index (χ0) is 14.3. The van der Waals surface area contributed by atoms with Crippen LogP contribution in [0, 0.1) is 3.57 Å². The van der Waals surface area contributed by atoms with Crippen molar-refractivity contribution in [2.24, 2.45) is 0 Å². The van der Waals surface area contributed by atoms with E-state index in [4.69, 9.17) is 0 Å². The zero-order valence-corrected chi connectivity index (χ0v) is 14.7. The normalized spacial score (nSPS) is 11.0. The summed E-state index contributed by atoms with van der Waals surface area (Å²) < 4.78 is 2.19. The molecule has 0 saturated carbocycles. The van der Waals surface area contributed by atoms with Crippen LogP contribution >= 0.6 is 38.5 Å². The van der Waals surface area contributed by atoms with Gasteiger partial charge in [-0.1, -0.05) is 15.9 Å². The zero-order valence-electron chi connectivity index (χ0n) is 11.0. The molecule has 20 heavy (non-hydrogen) atoms. The molecule has 0 spiro atoms. The van der Waals surface area contributed by atoms with Crippen LogP contribution in [0.4, 0.5) is 5.82 Å². The van der Waals surface area contributed by atoms with Crippen LogP contribution in [0.25, 0.3) is 22.6 Å². The largest absolute Gasteiger partial charge is 0.363 e. The molecule has 0 atom stereocenters. The van der Waals surface area contributed by atoms with Gasteiger partial charge in [0.1, 0.15) is 11.6 Å². The van der Waals surface area contributed by atoms with E-state index in [1.54, 1.807) is 0 Å². The van der Waals surface area contributed by atoms with Gasteiger partial charge in [0.2, 0.25) is 0 Å². The van der Waals surface area contributed by atoms with Gasteiger partial charge in [0.25, 0.3) is 0 Å². The van der Waals surface area contributed by atoms with Gasteiger partial charge in [0.15, 0.2) is 5.65 Å².